The molecular weight excluding hydrogens is 251 g/mol. The van der Waals surface area contributed by atoms with Crippen molar-refractivity contribution in [2.75, 3.05) is 33.9 Å². The van der Waals surface area contributed by atoms with Crippen LogP contribution in [0.1, 0.15) is 17.3 Å². The largest absolute Gasteiger partial charge is 0.493 e. The van der Waals surface area contributed by atoms with Gasteiger partial charge >= 0.3 is 0 Å². The number of nitrogens with one attached hydrogen (secondary N) is 2. The molecule has 19 heavy (non-hydrogen) atoms. The topological polar surface area (TPSA) is 59.6 Å². The number of hydrogen-bond acceptors (Lipinski definition) is 4. The lowest BCUT2D eigenvalue weighted by Gasteiger charge is -2.11. The normalized spacial score (nSPS) is 10.1. The number of rotatable bonds is 7. The smallest absolute Gasteiger partial charge is 0.254 e. The first kappa shape index (κ1) is 15.2. The van der Waals surface area contributed by atoms with E-state index < -0.39 is 11.7 Å². The lowest BCUT2D eigenvalue weighted by molar-refractivity contribution is 0.0949. The van der Waals surface area contributed by atoms with E-state index in [4.69, 9.17) is 9.47 Å². The second-order valence-corrected chi connectivity index (χ2v) is 3.80. The second-order valence-electron chi connectivity index (χ2n) is 3.80. The van der Waals surface area contributed by atoms with Crippen molar-refractivity contribution in [1.29, 1.82) is 0 Å². The number of ether oxygens (including phenoxy) is 2. The summed E-state index contributed by atoms with van der Waals surface area (Å²) in [5.74, 6) is -0.542. The molecule has 1 aromatic rings. The van der Waals surface area contributed by atoms with E-state index in [-0.39, 0.29) is 11.3 Å². The van der Waals surface area contributed by atoms with Gasteiger partial charge in [0.2, 0.25) is 0 Å². The third kappa shape index (κ3) is 4.10. The molecule has 2 N–H and O–H groups in total. The average Bonchev–Trinajstić information content (AvgIpc) is 2.42. The third-order valence-electron chi connectivity index (χ3n) is 2.56. The van der Waals surface area contributed by atoms with E-state index in [1.165, 1.54) is 20.3 Å². The summed E-state index contributed by atoms with van der Waals surface area (Å²) >= 11 is 0. The fraction of sp³-hybridized carbons (Fsp3) is 0.462. The van der Waals surface area contributed by atoms with Crippen LogP contribution in [0.4, 0.5) is 4.39 Å². The van der Waals surface area contributed by atoms with Crippen LogP contribution in [0.2, 0.25) is 0 Å². The first-order chi connectivity index (χ1) is 9.13. The van der Waals surface area contributed by atoms with Gasteiger partial charge in [-0.25, -0.2) is 4.39 Å². The summed E-state index contributed by atoms with van der Waals surface area (Å²) in [5, 5.41) is 5.68. The van der Waals surface area contributed by atoms with E-state index in [0.717, 1.165) is 12.6 Å². The van der Waals surface area contributed by atoms with Crippen molar-refractivity contribution >= 4 is 5.91 Å². The van der Waals surface area contributed by atoms with Gasteiger partial charge < -0.3 is 20.1 Å². The van der Waals surface area contributed by atoms with Crippen LogP contribution in [0.5, 0.6) is 11.5 Å². The standard InChI is InChI=1S/C13H19FN2O3/c1-4-15-5-6-16-13(17)9-7-11(18-2)12(19-3)8-10(9)14/h7-8,15H,4-6H2,1-3H3,(H,16,17). The van der Waals surface area contributed by atoms with Gasteiger partial charge in [0.15, 0.2) is 11.5 Å². The Bertz CT molecular complexity index is 438. The summed E-state index contributed by atoms with van der Waals surface area (Å²) in [7, 11) is 2.84. The molecule has 0 aromatic heterocycles. The quantitative estimate of drug-likeness (QED) is 0.731. The van der Waals surface area contributed by atoms with Crippen molar-refractivity contribution in [1.82, 2.24) is 10.6 Å². The Kier molecular flexibility index (Phi) is 6.08. The van der Waals surface area contributed by atoms with Crippen LogP contribution >= 0.6 is 0 Å². The summed E-state index contributed by atoms with van der Waals surface area (Å²) in [6.45, 7) is 3.86. The van der Waals surface area contributed by atoms with E-state index in [0.29, 0.717) is 18.8 Å². The number of halogens is 1. The highest BCUT2D eigenvalue weighted by Crippen LogP contribution is 2.29. The number of benzene rings is 1. The maximum absolute atomic E-state index is 13.8. The van der Waals surface area contributed by atoms with Crippen molar-refractivity contribution in [2.45, 2.75) is 6.92 Å². The van der Waals surface area contributed by atoms with Gasteiger partial charge in [-0.15, -0.1) is 0 Å². The molecule has 5 nitrogen and oxygen atoms in total. The predicted octanol–water partition coefficient (Wildman–Crippen LogP) is 1.18. The third-order valence-corrected chi connectivity index (χ3v) is 2.56. The van der Waals surface area contributed by atoms with Crippen molar-refractivity contribution in [3.8, 4) is 11.5 Å². The highest BCUT2D eigenvalue weighted by atomic mass is 19.1. The fourth-order valence-corrected chi connectivity index (χ4v) is 1.56. The number of hydrogen-bond donors (Lipinski definition) is 2. The Balaban J connectivity index is 2.79. The van der Waals surface area contributed by atoms with E-state index in [1.807, 2.05) is 6.92 Å². The molecule has 0 saturated carbocycles. The SMILES string of the molecule is CCNCCNC(=O)c1cc(OC)c(OC)cc1F. The van der Waals surface area contributed by atoms with E-state index in [2.05, 4.69) is 10.6 Å². The van der Waals surface area contributed by atoms with E-state index in [9.17, 15) is 9.18 Å². The van der Waals surface area contributed by atoms with Gasteiger partial charge in [-0.3, -0.25) is 4.79 Å². The number of carbonyl (C=O) groups excluding carboxylic acids is 1. The highest BCUT2D eigenvalue weighted by molar-refractivity contribution is 5.95. The molecule has 0 heterocycles. The number of amides is 1. The molecule has 0 radical (unpaired) electrons. The molecule has 0 bridgehead atoms. The summed E-state index contributed by atoms with van der Waals surface area (Å²) in [4.78, 5) is 11.8. The van der Waals surface area contributed by atoms with E-state index in [1.54, 1.807) is 0 Å². The first-order valence-electron chi connectivity index (χ1n) is 6.04. The van der Waals surface area contributed by atoms with Crippen LogP contribution in [0.15, 0.2) is 12.1 Å². The molecule has 0 atom stereocenters. The summed E-state index contributed by atoms with van der Waals surface area (Å²) in [6, 6.07) is 2.47. The Morgan fingerprint density at radius 2 is 1.84 bits per heavy atom. The van der Waals surface area contributed by atoms with Crippen LogP contribution in [-0.2, 0) is 0 Å². The molecule has 0 spiro atoms. The van der Waals surface area contributed by atoms with E-state index >= 15 is 0 Å². The Labute approximate surface area is 112 Å². The average molecular weight is 270 g/mol. The highest BCUT2D eigenvalue weighted by Gasteiger charge is 2.16. The molecular formula is C13H19FN2O3. The molecule has 1 rings (SSSR count). The van der Waals surface area contributed by atoms with Crippen molar-refractivity contribution in [3.05, 3.63) is 23.5 Å². The van der Waals surface area contributed by atoms with Crippen LogP contribution in [0.3, 0.4) is 0 Å². The Morgan fingerprint density at radius 3 is 2.42 bits per heavy atom. The van der Waals surface area contributed by atoms with Crippen LogP contribution in [0.25, 0.3) is 0 Å². The number of likely N-dealkylation sites (N-methyl/N-ethyl adjacent to an activating group) is 1. The predicted molar refractivity (Wildman–Crippen MR) is 70.4 cm³/mol. The minimum atomic E-state index is -0.640. The molecule has 0 aliphatic heterocycles. The van der Waals surface area contributed by atoms with Gasteiger partial charge in [0, 0.05) is 19.2 Å². The molecule has 0 fully saturated rings. The van der Waals surface area contributed by atoms with Gasteiger partial charge in [-0.05, 0) is 12.6 Å². The van der Waals surface area contributed by atoms with Gasteiger partial charge in [0.05, 0.1) is 19.8 Å². The van der Waals surface area contributed by atoms with Gasteiger partial charge in [0.25, 0.3) is 5.91 Å². The number of methoxy groups -OCH3 is 2. The molecule has 6 heteroatoms. The first-order valence-corrected chi connectivity index (χ1v) is 6.04. The minimum absolute atomic E-state index is 0.0610. The molecule has 0 unspecified atom stereocenters. The Hall–Kier alpha value is -1.82. The zero-order valence-corrected chi connectivity index (χ0v) is 11.4. The monoisotopic (exact) mass is 270 g/mol. The maximum Gasteiger partial charge on any atom is 0.254 e. The van der Waals surface area contributed by atoms with Crippen molar-refractivity contribution in [3.63, 3.8) is 0 Å². The Morgan fingerprint density at radius 1 is 1.21 bits per heavy atom. The fourth-order valence-electron chi connectivity index (χ4n) is 1.56. The van der Waals surface area contributed by atoms with Gasteiger partial charge in [-0.2, -0.15) is 0 Å². The minimum Gasteiger partial charge on any atom is -0.493 e. The molecule has 1 amide bonds. The maximum atomic E-state index is 13.8. The molecule has 0 saturated heterocycles. The second kappa shape index (κ2) is 7.58. The van der Waals surface area contributed by atoms with Crippen molar-refractivity contribution in [2.24, 2.45) is 0 Å². The molecule has 0 aliphatic rings. The van der Waals surface area contributed by atoms with Crippen molar-refractivity contribution < 1.29 is 18.7 Å². The summed E-state index contributed by atoms with van der Waals surface area (Å²) in [6.07, 6.45) is 0. The zero-order chi connectivity index (χ0) is 14.3. The van der Waals surface area contributed by atoms with Crippen LogP contribution in [0, 0.1) is 5.82 Å². The lowest BCUT2D eigenvalue weighted by Crippen LogP contribution is -2.32. The lowest BCUT2D eigenvalue weighted by atomic mass is 10.1. The molecule has 1 aromatic carbocycles. The van der Waals surface area contributed by atoms with Gasteiger partial charge in [0.1, 0.15) is 5.82 Å². The zero-order valence-electron chi connectivity index (χ0n) is 11.4. The molecule has 106 valence electrons. The summed E-state index contributed by atoms with van der Waals surface area (Å²) < 4.78 is 23.8. The van der Waals surface area contributed by atoms with Crippen LogP contribution in [-0.4, -0.2) is 39.8 Å². The number of carbonyl (C=O) groups is 1. The summed E-state index contributed by atoms with van der Waals surface area (Å²) in [5.41, 5.74) is -0.0610. The van der Waals surface area contributed by atoms with Gasteiger partial charge in [-0.1, -0.05) is 6.92 Å². The van der Waals surface area contributed by atoms with Crippen LogP contribution < -0.4 is 20.1 Å². The molecule has 0 aliphatic carbocycles.